The Bertz CT molecular complexity index is 474. The fourth-order valence-corrected chi connectivity index (χ4v) is 2.41. The van der Waals surface area contributed by atoms with Crippen LogP contribution in [0.25, 0.3) is 0 Å². The third kappa shape index (κ3) is 6.02. The van der Waals surface area contributed by atoms with Gasteiger partial charge in [0.25, 0.3) is 0 Å². The molecular weight excluding hydrogens is 306 g/mol. The van der Waals surface area contributed by atoms with E-state index in [1.165, 1.54) is 6.66 Å². The molecule has 0 aliphatic rings. The number of hydrogen-bond acceptors (Lipinski definition) is 3. The molecule has 104 valence electrons. The van der Waals surface area contributed by atoms with Gasteiger partial charge in [0.05, 0.1) is 6.66 Å². The quantitative estimate of drug-likeness (QED) is 0.758. The molecule has 0 aliphatic carbocycles. The van der Waals surface area contributed by atoms with Gasteiger partial charge in [-0.25, -0.2) is 4.57 Å². The van der Waals surface area contributed by atoms with Gasteiger partial charge < -0.3 is 9.05 Å². The minimum atomic E-state index is -3.14. The van der Waals surface area contributed by atoms with Gasteiger partial charge in [0.15, 0.2) is 0 Å². The molecule has 0 radical (unpaired) electrons. The van der Waals surface area contributed by atoms with Gasteiger partial charge in [0.1, 0.15) is 11.5 Å². The summed E-state index contributed by atoms with van der Waals surface area (Å²) >= 11 is 0. The molecule has 6 heteroatoms. The molecule has 0 aromatic heterocycles. The van der Waals surface area contributed by atoms with Crippen molar-refractivity contribution in [3.05, 3.63) is 60.7 Å². The summed E-state index contributed by atoms with van der Waals surface area (Å²) in [6, 6.07) is 18.0. The van der Waals surface area contributed by atoms with Crippen LogP contribution in [0.15, 0.2) is 60.7 Å². The van der Waals surface area contributed by atoms with Crippen LogP contribution < -0.4 is 9.05 Å². The van der Waals surface area contributed by atoms with Crippen molar-refractivity contribution in [3.8, 4) is 11.5 Å². The Kier molecular flexibility index (Phi) is 7.62. The van der Waals surface area contributed by atoms with Gasteiger partial charge in [-0.15, -0.1) is 24.8 Å². The van der Waals surface area contributed by atoms with E-state index in [2.05, 4.69) is 0 Å². The third-order valence-electron chi connectivity index (χ3n) is 2.03. The second-order valence-corrected chi connectivity index (χ2v) is 5.49. The van der Waals surface area contributed by atoms with Crippen LogP contribution in [0.1, 0.15) is 0 Å². The van der Waals surface area contributed by atoms with Crippen molar-refractivity contribution in [3.63, 3.8) is 0 Å². The van der Waals surface area contributed by atoms with Crippen molar-refractivity contribution in [2.45, 2.75) is 0 Å². The lowest BCUT2D eigenvalue weighted by molar-refractivity contribution is 0.393. The van der Waals surface area contributed by atoms with Gasteiger partial charge in [0, 0.05) is 0 Å². The molecule has 0 atom stereocenters. The van der Waals surface area contributed by atoms with Crippen molar-refractivity contribution in [2.75, 3.05) is 6.66 Å². The first kappa shape index (κ1) is 17.8. The highest BCUT2D eigenvalue weighted by atomic mass is 35.5. The maximum absolute atomic E-state index is 12.1. The molecular formula is C13H15Cl2O3P. The normalized spacial score (nSPS) is 9.74. The highest BCUT2D eigenvalue weighted by Gasteiger charge is 2.19. The second-order valence-electron chi connectivity index (χ2n) is 3.58. The largest absolute Gasteiger partial charge is 0.427 e. The molecule has 0 fully saturated rings. The van der Waals surface area contributed by atoms with E-state index in [4.69, 9.17) is 9.05 Å². The Balaban J connectivity index is 0.00000162. The molecule has 3 nitrogen and oxygen atoms in total. The van der Waals surface area contributed by atoms with Crippen molar-refractivity contribution < 1.29 is 13.6 Å². The molecule has 0 amide bonds. The van der Waals surface area contributed by atoms with Crippen LogP contribution in [0, 0.1) is 0 Å². The summed E-state index contributed by atoms with van der Waals surface area (Å²) in [5.74, 6) is 1.07. The van der Waals surface area contributed by atoms with E-state index in [0.29, 0.717) is 11.5 Å². The van der Waals surface area contributed by atoms with Crippen molar-refractivity contribution in [1.82, 2.24) is 0 Å². The first-order valence-corrected chi connectivity index (χ1v) is 7.21. The molecule has 0 unspecified atom stereocenters. The maximum Gasteiger partial charge on any atom is 0.427 e. The molecule has 2 aromatic rings. The van der Waals surface area contributed by atoms with Crippen molar-refractivity contribution in [2.24, 2.45) is 0 Å². The Morgan fingerprint density at radius 2 is 1.05 bits per heavy atom. The van der Waals surface area contributed by atoms with Crippen LogP contribution in [-0.4, -0.2) is 6.66 Å². The molecule has 0 heterocycles. The number of rotatable bonds is 4. The van der Waals surface area contributed by atoms with Crippen molar-refractivity contribution in [1.29, 1.82) is 0 Å². The highest BCUT2D eigenvalue weighted by Crippen LogP contribution is 2.44. The fourth-order valence-electron chi connectivity index (χ4n) is 1.36. The molecule has 2 rings (SSSR count). The monoisotopic (exact) mass is 320 g/mol. The summed E-state index contributed by atoms with van der Waals surface area (Å²) < 4.78 is 22.8. The van der Waals surface area contributed by atoms with Crippen LogP contribution in [0.2, 0.25) is 0 Å². The summed E-state index contributed by atoms with van der Waals surface area (Å²) in [5, 5.41) is 0. The Morgan fingerprint density at radius 1 is 0.737 bits per heavy atom. The minimum absolute atomic E-state index is 0. The molecule has 19 heavy (non-hydrogen) atoms. The van der Waals surface area contributed by atoms with Crippen LogP contribution in [0.4, 0.5) is 0 Å². The average Bonchev–Trinajstić information content (AvgIpc) is 2.30. The number of halogens is 2. The predicted molar refractivity (Wildman–Crippen MR) is 82.2 cm³/mol. The van der Waals surface area contributed by atoms with Gasteiger partial charge in [-0.1, -0.05) is 36.4 Å². The van der Waals surface area contributed by atoms with E-state index < -0.39 is 7.60 Å². The van der Waals surface area contributed by atoms with Crippen LogP contribution >= 0.6 is 32.4 Å². The summed E-state index contributed by atoms with van der Waals surface area (Å²) in [4.78, 5) is 0. The molecule has 0 saturated carbocycles. The average molecular weight is 321 g/mol. The van der Waals surface area contributed by atoms with E-state index in [1.807, 2.05) is 36.4 Å². The smallest absolute Gasteiger partial charge is 0.416 e. The predicted octanol–water partition coefficient (Wildman–Crippen LogP) is 4.81. The Labute approximate surface area is 125 Å². The van der Waals surface area contributed by atoms with Crippen LogP contribution in [0.5, 0.6) is 11.5 Å². The lowest BCUT2D eigenvalue weighted by Gasteiger charge is -2.15. The molecule has 0 bridgehead atoms. The third-order valence-corrected chi connectivity index (χ3v) is 3.11. The van der Waals surface area contributed by atoms with E-state index in [1.54, 1.807) is 24.3 Å². The van der Waals surface area contributed by atoms with E-state index in [-0.39, 0.29) is 24.8 Å². The number of hydrogen-bond donors (Lipinski definition) is 0. The molecule has 0 saturated heterocycles. The SMILES string of the molecule is CP(=O)(Oc1ccccc1)Oc1ccccc1.Cl.Cl. The summed E-state index contributed by atoms with van der Waals surface area (Å²) in [6.07, 6.45) is 0. The zero-order valence-corrected chi connectivity index (χ0v) is 12.8. The second kappa shape index (κ2) is 8.11. The maximum atomic E-state index is 12.1. The van der Waals surface area contributed by atoms with E-state index in [0.717, 1.165) is 0 Å². The first-order chi connectivity index (χ1) is 8.16. The molecule has 0 aliphatic heterocycles. The first-order valence-electron chi connectivity index (χ1n) is 5.22. The summed E-state index contributed by atoms with van der Waals surface area (Å²) in [6.45, 7) is 1.45. The van der Waals surface area contributed by atoms with Crippen LogP contribution in [-0.2, 0) is 4.57 Å². The lowest BCUT2D eigenvalue weighted by atomic mass is 10.3. The van der Waals surface area contributed by atoms with Crippen LogP contribution in [0.3, 0.4) is 0 Å². The zero-order chi connectivity index (χ0) is 12.1. The standard InChI is InChI=1S/C13H13O3P.2ClH/c1-17(14,15-12-8-4-2-5-9-12)16-13-10-6-3-7-11-13;;/h2-11H,1H3;2*1H. The number of benzene rings is 2. The van der Waals surface area contributed by atoms with Gasteiger partial charge in [0.2, 0.25) is 0 Å². The van der Waals surface area contributed by atoms with E-state index >= 15 is 0 Å². The fraction of sp³-hybridized carbons (Fsp3) is 0.0769. The minimum Gasteiger partial charge on any atom is -0.416 e. The summed E-state index contributed by atoms with van der Waals surface area (Å²) in [5.41, 5.74) is 0. The van der Waals surface area contributed by atoms with Gasteiger partial charge in [-0.05, 0) is 24.3 Å². The molecule has 0 spiro atoms. The van der Waals surface area contributed by atoms with Gasteiger partial charge in [-0.3, -0.25) is 0 Å². The highest BCUT2D eigenvalue weighted by molar-refractivity contribution is 7.53. The summed E-state index contributed by atoms with van der Waals surface area (Å²) in [7, 11) is -3.14. The van der Waals surface area contributed by atoms with Crippen molar-refractivity contribution >= 4 is 32.4 Å². The molecule has 0 N–H and O–H groups in total. The topological polar surface area (TPSA) is 35.5 Å². The zero-order valence-electron chi connectivity index (χ0n) is 10.3. The lowest BCUT2D eigenvalue weighted by Crippen LogP contribution is -1.98. The Morgan fingerprint density at radius 3 is 1.37 bits per heavy atom. The number of para-hydroxylation sites is 2. The van der Waals surface area contributed by atoms with Gasteiger partial charge in [-0.2, -0.15) is 0 Å². The molecule has 2 aromatic carbocycles. The van der Waals surface area contributed by atoms with Gasteiger partial charge >= 0.3 is 7.60 Å². The van der Waals surface area contributed by atoms with E-state index in [9.17, 15) is 4.57 Å². The Hall–Kier alpha value is -1.15.